The van der Waals surface area contributed by atoms with E-state index in [4.69, 9.17) is 4.74 Å². The molecule has 2 amide bonds. The van der Waals surface area contributed by atoms with Crippen LogP contribution in [0.25, 0.3) is 22.8 Å². The van der Waals surface area contributed by atoms with Crippen LogP contribution in [0, 0.1) is 13.8 Å². The lowest BCUT2D eigenvalue weighted by atomic mass is 9.95. The average Bonchev–Trinajstić information content (AvgIpc) is 3.61. The molecule has 2 aliphatic heterocycles. The highest BCUT2D eigenvalue weighted by molar-refractivity contribution is 6.35. The third kappa shape index (κ3) is 5.36. The zero-order valence-electron chi connectivity index (χ0n) is 23.5. The number of aromatic nitrogens is 1. The Kier molecular flexibility index (Phi) is 7.62. The van der Waals surface area contributed by atoms with Gasteiger partial charge in [-0.1, -0.05) is 32.0 Å². The van der Waals surface area contributed by atoms with Crippen molar-refractivity contribution in [2.45, 2.75) is 46.5 Å². The molecule has 0 atom stereocenters. The zero-order valence-corrected chi connectivity index (χ0v) is 23.5. The van der Waals surface area contributed by atoms with Crippen LogP contribution in [0.5, 0.6) is 5.75 Å². The number of ether oxygens (including phenoxy) is 1. The molecule has 1 saturated heterocycles. The summed E-state index contributed by atoms with van der Waals surface area (Å²) in [4.78, 5) is 31.8. The van der Waals surface area contributed by atoms with Crippen LogP contribution in [0.3, 0.4) is 0 Å². The first-order chi connectivity index (χ1) is 18.8. The van der Waals surface area contributed by atoms with Crippen molar-refractivity contribution in [2.24, 2.45) is 0 Å². The number of amides is 2. The molecule has 2 aromatic carbocycles. The van der Waals surface area contributed by atoms with Gasteiger partial charge in [0.2, 0.25) is 0 Å². The summed E-state index contributed by atoms with van der Waals surface area (Å²) in [6.45, 7) is 11.9. The molecule has 0 bridgehead atoms. The fourth-order valence-corrected chi connectivity index (χ4v) is 5.64. The Bertz CT molecular complexity index is 1440. The smallest absolute Gasteiger partial charge is 0.256 e. The van der Waals surface area contributed by atoms with Crippen LogP contribution in [-0.2, 0) is 4.79 Å². The van der Waals surface area contributed by atoms with Crippen LogP contribution in [0.1, 0.15) is 71.0 Å². The van der Waals surface area contributed by atoms with E-state index in [2.05, 4.69) is 46.5 Å². The van der Waals surface area contributed by atoms with E-state index in [9.17, 15) is 9.59 Å². The van der Waals surface area contributed by atoms with Crippen molar-refractivity contribution in [3.05, 3.63) is 70.0 Å². The van der Waals surface area contributed by atoms with Gasteiger partial charge in [0.25, 0.3) is 11.8 Å². The van der Waals surface area contributed by atoms with Crippen LogP contribution in [0.15, 0.2) is 36.4 Å². The highest BCUT2D eigenvalue weighted by atomic mass is 16.5. The number of aryl methyl sites for hydroxylation is 1. The van der Waals surface area contributed by atoms with E-state index in [-0.39, 0.29) is 11.8 Å². The minimum absolute atomic E-state index is 0.0800. The summed E-state index contributed by atoms with van der Waals surface area (Å²) in [5.41, 5.74) is 8.43. The minimum Gasteiger partial charge on any atom is -0.496 e. The molecule has 7 heteroatoms. The van der Waals surface area contributed by atoms with Gasteiger partial charge >= 0.3 is 0 Å². The predicted octanol–water partition coefficient (Wildman–Crippen LogP) is 5.75. The van der Waals surface area contributed by atoms with Gasteiger partial charge in [0.15, 0.2) is 0 Å². The minimum atomic E-state index is -0.159. The SMILES string of the molecule is COc1ccc(C(C)C)cc1-c1ccc2c(c1)NC(=O)C2=Cc1[nH]c(C)c(C(=O)NCCN2CCCC2)c1C. The summed E-state index contributed by atoms with van der Waals surface area (Å²) in [5.74, 6) is 0.947. The number of carbonyl (C=O) groups excluding carboxylic acids is 2. The Labute approximate surface area is 230 Å². The van der Waals surface area contributed by atoms with Gasteiger partial charge < -0.3 is 25.3 Å². The van der Waals surface area contributed by atoms with Crippen LogP contribution < -0.4 is 15.4 Å². The lowest BCUT2D eigenvalue weighted by Crippen LogP contribution is -2.33. The summed E-state index contributed by atoms with van der Waals surface area (Å²) >= 11 is 0. The lowest BCUT2D eigenvalue weighted by molar-refractivity contribution is -0.110. The van der Waals surface area contributed by atoms with Gasteiger partial charge in [0, 0.05) is 41.3 Å². The third-order valence-electron chi connectivity index (χ3n) is 7.91. The van der Waals surface area contributed by atoms with E-state index in [1.54, 1.807) is 7.11 Å². The molecule has 1 fully saturated rings. The van der Waals surface area contributed by atoms with Gasteiger partial charge in [-0.2, -0.15) is 0 Å². The van der Waals surface area contributed by atoms with Gasteiger partial charge in [0.05, 0.1) is 18.2 Å². The number of nitrogens with one attached hydrogen (secondary N) is 3. The van der Waals surface area contributed by atoms with E-state index < -0.39 is 0 Å². The van der Waals surface area contributed by atoms with Gasteiger partial charge in [-0.05, 0) is 86.7 Å². The summed E-state index contributed by atoms with van der Waals surface area (Å²) in [6.07, 6.45) is 4.32. The standard InChI is InChI=1S/C32H38N4O3/c1-19(2)22-9-11-29(39-5)25(16-22)23-8-10-24-26(31(37)35-28(24)17-23)18-27-20(3)30(21(4)34-27)32(38)33-12-15-36-13-6-7-14-36/h8-11,16-19,34H,6-7,12-15H2,1-5H3,(H,33,38)(H,35,37). The molecule has 3 aromatic rings. The number of likely N-dealkylation sites (tertiary alicyclic amines) is 1. The molecule has 2 aliphatic rings. The zero-order chi connectivity index (χ0) is 27.7. The Morgan fingerprint density at radius 1 is 1.10 bits per heavy atom. The van der Waals surface area contributed by atoms with E-state index >= 15 is 0 Å². The maximum absolute atomic E-state index is 13.1. The number of H-pyrrole nitrogens is 1. The molecule has 7 nitrogen and oxygen atoms in total. The molecule has 0 unspecified atom stereocenters. The molecule has 3 heterocycles. The second kappa shape index (κ2) is 11.1. The van der Waals surface area contributed by atoms with Gasteiger partial charge in [-0.15, -0.1) is 0 Å². The average molecular weight is 527 g/mol. The largest absolute Gasteiger partial charge is 0.496 e. The molecule has 0 saturated carbocycles. The number of benzene rings is 2. The molecule has 0 radical (unpaired) electrons. The first-order valence-electron chi connectivity index (χ1n) is 13.8. The van der Waals surface area contributed by atoms with Crippen LogP contribution in [0.4, 0.5) is 5.69 Å². The van der Waals surface area contributed by atoms with Crippen molar-refractivity contribution in [2.75, 3.05) is 38.6 Å². The maximum Gasteiger partial charge on any atom is 0.256 e. The van der Waals surface area contributed by atoms with Gasteiger partial charge in [-0.3, -0.25) is 9.59 Å². The molecule has 3 N–H and O–H groups in total. The molecule has 5 rings (SSSR count). The maximum atomic E-state index is 13.1. The van der Waals surface area contributed by atoms with E-state index in [1.807, 2.05) is 44.2 Å². The first-order valence-corrected chi connectivity index (χ1v) is 13.8. The summed E-state index contributed by atoms with van der Waals surface area (Å²) in [5, 5.41) is 6.10. The van der Waals surface area contributed by atoms with Crippen molar-refractivity contribution in [3.8, 4) is 16.9 Å². The van der Waals surface area contributed by atoms with Gasteiger partial charge in [-0.25, -0.2) is 0 Å². The highest BCUT2D eigenvalue weighted by Crippen LogP contribution is 2.40. The summed E-state index contributed by atoms with van der Waals surface area (Å²) in [7, 11) is 1.67. The second-order valence-corrected chi connectivity index (χ2v) is 10.9. The van der Waals surface area contributed by atoms with Gasteiger partial charge in [0.1, 0.15) is 5.75 Å². The highest BCUT2D eigenvalue weighted by Gasteiger charge is 2.26. The molecule has 0 aliphatic carbocycles. The van der Waals surface area contributed by atoms with Crippen molar-refractivity contribution in [3.63, 3.8) is 0 Å². The fourth-order valence-electron chi connectivity index (χ4n) is 5.64. The number of methoxy groups -OCH3 is 1. The van der Waals surface area contributed by atoms with E-state index in [1.165, 1.54) is 18.4 Å². The number of anilines is 1. The molecule has 1 aromatic heterocycles. The summed E-state index contributed by atoms with van der Waals surface area (Å²) < 4.78 is 5.63. The Morgan fingerprint density at radius 3 is 2.59 bits per heavy atom. The molecule has 39 heavy (non-hydrogen) atoms. The normalized spacial score (nSPS) is 16.2. The number of hydrogen-bond acceptors (Lipinski definition) is 4. The Hall–Kier alpha value is -3.84. The number of carbonyl (C=O) groups is 2. The van der Waals surface area contributed by atoms with Crippen molar-refractivity contribution in [1.29, 1.82) is 0 Å². The molecular weight excluding hydrogens is 488 g/mol. The Morgan fingerprint density at radius 2 is 1.87 bits per heavy atom. The number of aromatic amines is 1. The van der Waals surface area contributed by atoms with Crippen LogP contribution in [0.2, 0.25) is 0 Å². The number of rotatable bonds is 8. The quantitative estimate of drug-likeness (QED) is 0.326. The topological polar surface area (TPSA) is 86.5 Å². The second-order valence-electron chi connectivity index (χ2n) is 10.9. The lowest BCUT2D eigenvalue weighted by Gasteiger charge is -2.14. The molecule has 204 valence electrons. The molecule has 0 spiro atoms. The first kappa shape index (κ1) is 26.8. The van der Waals surface area contributed by atoms with Crippen molar-refractivity contribution in [1.82, 2.24) is 15.2 Å². The van der Waals surface area contributed by atoms with Crippen molar-refractivity contribution < 1.29 is 14.3 Å². The van der Waals surface area contributed by atoms with E-state index in [0.717, 1.165) is 64.7 Å². The predicted molar refractivity (Wildman–Crippen MR) is 157 cm³/mol. The van der Waals surface area contributed by atoms with Crippen molar-refractivity contribution >= 4 is 29.2 Å². The summed E-state index contributed by atoms with van der Waals surface area (Å²) in [6, 6.07) is 12.3. The Balaban J connectivity index is 1.40. The monoisotopic (exact) mass is 526 g/mol. The third-order valence-corrected chi connectivity index (χ3v) is 7.91. The van der Waals surface area contributed by atoms with Crippen LogP contribution in [-0.4, -0.2) is 55.0 Å². The number of fused-ring (bicyclic) bond motifs is 1. The fraction of sp³-hybridized carbons (Fsp3) is 0.375. The van der Waals surface area contributed by atoms with E-state index in [0.29, 0.717) is 23.6 Å². The molecular formula is C32H38N4O3. The van der Waals surface area contributed by atoms with Crippen LogP contribution >= 0.6 is 0 Å². The number of hydrogen-bond donors (Lipinski definition) is 3. The number of nitrogens with zero attached hydrogens (tertiary/aromatic N) is 1.